The summed E-state index contributed by atoms with van der Waals surface area (Å²) in [6, 6.07) is 8.69. The van der Waals surface area contributed by atoms with Gasteiger partial charge >= 0.3 is 0 Å². The summed E-state index contributed by atoms with van der Waals surface area (Å²) in [5, 5.41) is 14.0. The van der Waals surface area contributed by atoms with Gasteiger partial charge in [-0.3, -0.25) is 14.9 Å². The molecule has 2 rings (SSSR count). The van der Waals surface area contributed by atoms with Gasteiger partial charge < -0.3 is 11.1 Å². The zero-order valence-corrected chi connectivity index (χ0v) is 12.0. The van der Waals surface area contributed by atoms with Crippen molar-refractivity contribution in [1.29, 1.82) is 0 Å². The van der Waals surface area contributed by atoms with Gasteiger partial charge in [0.1, 0.15) is 5.01 Å². The van der Waals surface area contributed by atoms with Gasteiger partial charge in [-0.2, -0.15) is 0 Å². The predicted molar refractivity (Wildman–Crippen MR) is 80.1 cm³/mol. The summed E-state index contributed by atoms with van der Waals surface area (Å²) in [5.41, 5.74) is 5.92. The number of nitrogens with zero attached hydrogens (tertiary/aromatic N) is 2. The number of carbonyl (C=O) groups excluding carboxylic acids is 2. The van der Waals surface area contributed by atoms with Crippen LogP contribution in [0.4, 0.5) is 5.13 Å². The van der Waals surface area contributed by atoms with Crippen LogP contribution in [0.5, 0.6) is 0 Å². The molecule has 7 nitrogen and oxygen atoms in total. The molecule has 0 saturated carbocycles. The van der Waals surface area contributed by atoms with Crippen molar-refractivity contribution in [2.75, 3.05) is 18.4 Å². The number of hydrogen-bond donors (Lipinski definition) is 3. The van der Waals surface area contributed by atoms with E-state index in [2.05, 4.69) is 20.8 Å². The van der Waals surface area contributed by atoms with E-state index in [0.29, 0.717) is 23.7 Å². The number of carbonyl (C=O) groups is 2. The van der Waals surface area contributed by atoms with Gasteiger partial charge in [0.05, 0.1) is 6.54 Å². The van der Waals surface area contributed by atoms with Gasteiger partial charge in [-0.25, -0.2) is 0 Å². The van der Waals surface area contributed by atoms with Crippen LogP contribution >= 0.6 is 11.3 Å². The fourth-order valence-electron chi connectivity index (χ4n) is 1.54. The van der Waals surface area contributed by atoms with E-state index in [1.807, 2.05) is 6.07 Å². The smallest absolute Gasteiger partial charge is 0.251 e. The van der Waals surface area contributed by atoms with E-state index >= 15 is 0 Å². The summed E-state index contributed by atoms with van der Waals surface area (Å²) in [4.78, 5) is 23.5. The number of nitrogens with one attached hydrogen (secondary N) is 2. The summed E-state index contributed by atoms with van der Waals surface area (Å²) in [6.07, 6.45) is 0.623. The Morgan fingerprint density at radius 1 is 1.19 bits per heavy atom. The first-order chi connectivity index (χ1) is 10.2. The molecule has 1 heterocycles. The van der Waals surface area contributed by atoms with Crippen molar-refractivity contribution in [3.8, 4) is 0 Å². The second-order valence-corrected chi connectivity index (χ2v) is 5.20. The maximum absolute atomic E-state index is 11.8. The molecule has 2 aromatic rings. The zero-order chi connectivity index (χ0) is 15.1. The summed E-state index contributed by atoms with van der Waals surface area (Å²) < 4.78 is 0. The Hall–Kier alpha value is -2.32. The Balaban J connectivity index is 1.80. The minimum atomic E-state index is -0.352. The van der Waals surface area contributed by atoms with Crippen LogP contribution in [0.2, 0.25) is 0 Å². The zero-order valence-electron chi connectivity index (χ0n) is 11.2. The molecule has 0 radical (unpaired) electrons. The molecule has 8 heteroatoms. The molecule has 0 unspecified atom stereocenters. The second-order valence-electron chi connectivity index (χ2n) is 4.14. The Labute approximate surface area is 125 Å². The Bertz CT molecular complexity index is 614. The molecule has 0 aliphatic rings. The SMILES string of the molecule is NCCc1nnc(NC(=O)CNC(=O)c2ccccc2)s1. The van der Waals surface area contributed by atoms with Crippen molar-refractivity contribution < 1.29 is 9.59 Å². The van der Waals surface area contributed by atoms with Crippen molar-refractivity contribution in [3.05, 3.63) is 40.9 Å². The summed E-state index contributed by atoms with van der Waals surface area (Å²) in [6.45, 7) is 0.356. The molecule has 1 aromatic carbocycles. The molecule has 2 amide bonds. The first-order valence-corrected chi connectivity index (χ1v) is 7.16. The van der Waals surface area contributed by atoms with Gasteiger partial charge in [0.2, 0.25) is 11.0 Å². The molecule has 0 fully saturated rings. The van der Waals surface area contributed by atoms with Crippen LogP contribution < -0.4 is 16.4 Å². The predicted octanol–water partition coefficient (Wildman–Crippen LogP) is 0.408. The number of amides is 2. The van der Waals surface area contributed by atoms with Crippen LogP contribution in [0.3, 0.4) is 0 Å². The van der Waals surface area contributed by atoms with Crippen molar-refractivity contribution >= 4 is 28.3 Å². The van der Waals surface area contributed by atoms with Crippen molar-refractivity contribution in [3.63, 3.8) is 0 Å². The minimum absolute atomic E-state index is 0.125. The highest BCUT2D eigenvalue weighted by atomic mass is 32.1. The Morgan fingerprint density at radius 3 is 2.67 bits per heavy atom. The third-order valence-electron chi connectivity index (χ3n) is 2.52. The molecule has 0 atom stereocenters. The maximum Gasteiger partial charge on any atom is 0.251 e. The summed E-state index contributed by atoms with van der Waals surface area (Å²) in [5.74, 6) is -0.651. The van der Waals surface area contributed by atoms with Gasteiger partial charge in [-0.1, -0.05) is 29.5 Å². The van der Waals surface area contributed by atoms with Crippen molar-refractivity contribution in [2.24, 2.45) is 5.73 Å². The number of rotatable bonds is 6. The molecule has 110 valence electrons. The number of nitrogens with two attached hydrogens (primary N) is 1. The average molecular weight is 305 g/mol. The van der Waals surface area contributed by atoms with Gasteiger partial charge in [0, 0.05) is 12.0 Å². The molecule has 0 aliphatic carbocycles. The Morgan fingerprint density at radius 2 is 1.95 bits per heavy atom. The van der Waals surface area contributed by atoms with Crippen LogP contribution in [-0.2, 0) is 11.2 Å². The minimum Gasteiger partial charge on any atom is -0.343 e. The first kappa shape index (κ1) is 15.1. The topological polar surface area (TPSA) is 110 Å². The van der Waals surface area contributed by atoms with E-state index in [9.17, 15) is 9.59 Å². The molecule has 0 bridgehead atoms. The number of benzene rings is 1. The van der Waals surface area contributed by atoms with Crippen LogP contribution in [0.25, 0.3) is 0 Å². The molecular formula is C13H15N5O2S. The highest BCUT2D eigenvalue weighted by Gasteiger charge is 2.10. The molecule has 1 aromatic heterocycles. The number of anilines is 1. The number of hydrogen-bond acceptors (Lipinski definition) is 6. The van der Waals surface area contributed by atoms with E-state index in [1.165, 1.54) is 11.3 Å². The molecule has 0 aliphatic heterocycles. The van der Waals surface area contributed by atoms with Crippen LogP contribution in [0, 0.1) is 0 Å². The quantitative estimate of drug-likeness (QED) is 0.716. The molecule has 4 N–H and O–H groups in total. The van der Waals surface area contributed by atoms with Gasteiger partial charge in [-0.15, -0.1) is 10.2 Å². The van der Waals surface area contributed by atoms with Gasteiger partial charge in [0.15, 0.2) is 0 Å². The monoisotopic (exact) mass is 305 g/mol. The van der Waals surface area contributed by atoms with E-state index in [1.54, 1.807) is 24.3 Å². The lowest BCUT2D eigenvalue weighted by Crippen LogP contribution is -2.32. The molecule has 0 saturated heterocycles. The third kappa shape index (κ3) is 4.62. The highest BCUT2D eigenvalue weighted by Crippen LogP contribution is 2.14. The summed E-state index contributed by atoms with van der Waals surface area (Å²) in [7, 11) is 0. The normalized spacial score (nSPS) is 10.1. The standard InChI is InChI=1S/C13H15N5O2S/c14-7-6-11-17-18-13(21-11)16-10(19)8-15-12(20)9-4-2-1-3-5-9/h1-5H,6-8,14H2,(H,15,20)(H,16,18,19). The van der Waals surface area contributed by atoms with Crippen molar-refractivity contribution in [2.45, 2.75) is 6.42 Å². The van der Waals surface area contributed by atoms with Crippen LogP contribution in [-0.4, -0.2) is 35.1 Å². The highest BCUT2D eigenvalue weighted by molar-refractivity contribution is 7.15. The van der Waals surface area contributed by atoms with Gasteiger partial charge in [-0.05, 0) is 18.7 Å². The second kappa shape index (κ2) is 7.46. The lowest BCUT2D eigenvalue weighted by atomic mass is 10.2. The molecule has 21 heavy (non-hydrogen) atoms. The number of aromatic nitrogens is 2. The van der Waals surface area contributed by atoms with E-state index in [0.717, 1.165) is 5.01 Å². The third-order valence-corrected chi connectivity index (χ3v) is 3.42. The van der Waals surface area contributed by atoms with E-state index in [-0.39, 0.29) is 18.4 Å². The lowest BCUT2D eigenvalue weighted by molar-refractivity contribution is -0.115. The van der Waals surface area contributed by atoms with E-state index in [4.69, 9.17) is 5.73 Å². The lowest BCUT2D eigenvalue weighted by Gasteiger charge is -2.04. The van der Waals surface area contributed by atoms with Gasteiger partial charge in [0.25, 0.3) is 5.91 Å². The largest absolute Gasteiger partial charge is 0.343 e. The Kier molecular flexibility index (Phi) is 5.35. The fourth-order valence-corrected chi connectivity index (χ4v) is 2.32. The van der Waals surface area contributed by atoms with E-state index < -0.39 is 0 Å². The van der Waals surface area contributed by atoms with Crippen molar-refractivity contribution in [1.82, 2.24) is 15.5 Å². The average Bonchev–Trinajstić information content (AvgIpc) is 2.93. The summed E-state index contributed by atoms with van der Waals surface area (Å²) >= 11 is 1.27. The van der Waals surface area contributed by atoms with Crippen LogP contribution in [0.15, 0.2) is 30.3 Å². The first-order valence-electron chi connectivity index (χ1n) is 6.34. The van der Waals surface area contributed by atoms with Crippen LogP contribution in [0.1, 0.15) is 15.4 Å². The molecular weight excluding hydrogens is 290 g/mol. The molecule has 0 spiro atoms. The fraction of sp³-hybridized carbons (Fsp3) is 0.231. The maximum atomic E-state index is 11.8.